The van der Waals surface area contributed by atoms with Crippen LogP contribution >= 0.6 is 0 Å². The lowest BCUT2D eigenvalue weighted by molar-refractivity contribution is -0.385. The molecule has 0 radical (unpaired) electrons. The molecule has 0 fully saturated rings. The maximum atomic E-state index is 11.0. The van der Waals surface area contributed by atoms with Crippen molar-refractivity contribution in [1.82, 2.24) is 4.98 Å². The molecule has 0 aliphatic heterocycles. The Labute approximate surface area is 92.1 Å². The Morgan fingerprint density at radius 1 is 1.69 bits per heavy atom. The van der Waals surface area contributed by atoms with E-state index in [-0.39, 0.29) is 11.4 Å². The van der Waals surface area contributed by atoms with Gasteiger partial charge in [0.05, 0.1) is 16.5 Å². The quantitative estimate of drug-likeness (QED) is 0.609. The van der Waals surface area contributed by atoms with Gasteiger partial charge in [0.2, 0.25) is 0 Å². The number of pyridine rings is 1. The van der Waals surface area contributed by atoms with Crippen molar-refractivity contribution in [2.24, 2.45) is 0 Å². The standard InChI is InChI=1S/C10H12N2O4/c1-2-3-8(10(13)14)9-6-7(12(15)16)4-5-11-9/h4-6,8H,2-3H2,1H3,(H,13,14). The zero-order chi connectivity index (χ0) is 12.1. The predicted octanol–water partition coefficient (Wildman–Crippen LogP) is 1.96. The highest BCUT2D eigenvalue weighted by Crippen LogP contribution is 2.22. The highest BCUT2D eigenvalue weighted by atomic mass is 16.6. The molecule has 1 N–H and O–H groups in total. The Morgan fingerprint density at radius 2 is 2.38 bits per heavy atom. The topological polar surface area (TPSA) is 93.3 Å². The van der Waals surface area contributed by atoms with Gasteiger partial charge in [-0.15, -0.1) is 0 Å². The maximum Gasteiger partial charge on any atom is 0.312 e. The van der Waals surface area contributed by atoms with Crippen molar-refractivity contribution in [3.8, 4) is 0 Å². The second-order valence-corrected chi connectivity index (χ2v) is 3.38. The van der Waals surface area contributed by atoms with Crippen LogP contribution in [-0.2, 0) is 4.79 Å². The highest BCUT2D eigenvalue weighted by molar-refractivity contribution is 5.75. The highest BCUT2D eigenvalue weighted by Gasteiger charge is 2.22. The number of hydrogen-bond donors (Lipinski definition) is 1. The first-order valence-corrected chi connectivity index (χ1v) is 4.89. The molecule has 0 spiro atoms. The van der Waals surface area contributed by atoms with Gasteiger partial charge in [-0.3, -0.25) is 19.9 Å². The van der Waals surface area contributed by atoms with Crippen LogP contribution in [0.4, 0.5) is 5.69 Å². The molecule has 0 bridgehead atoms. The second kappa shape index (κ2) is 5.20. The molecule has 6 nitrogen and oxygen atoms in total. The number of hydrogen-bond acceptors (Lipinski definition) is 4. The number of nitrogens with zero attached hydrogens (tertiary/aromatic N) is 2. The summed E-state index contributed by atoms with van der Waals surface area (Å²) in [5, 5.41) is 19.5. The van der Waals surface area contributed by atoms with Crippen molar-refractivity contribution in [3.05, 3.63) is 34.1 Å². The van der Waals surface area contributed by atoms with E-state index in [1.165, 1.54) is 18.3 Å². The van der Waals surface area contributed by atoms with E-state index in [4.69, 9.17) is 5.11 Å². The summed E-state index contributed by atoms with van der Waals surface area (Å²) >= 11 is 0. The normalized spacial score (nSPS) is 12.1. The fourth-order valence-corrected chi connectivity index (χ4v) is 1.43. The fourth-order valence-electron chi connectivity index (χ4n) is 1.43. The van der Waals surface area contributed by atoms with E-state index in [1.54, 1.807) is 0 Å². The Morgan fingerprint density at radius 3 is 2.88 bits per heavy atom. The van der Waals surface area contributed by atoms with E-state index in [1.807, 2.05) is 6.92 Å². The van der Waals surface area contributed by atoms with Crippen LogP contribution in [0.15, 0.2) is 18.3 Å². The van der Waals surface area contributed by atoms with Gasteiger partial charge in [0.1, 0.15) is 0 Å². The van der Waals surface area contributed by atoms with Gasteiger partial charge in [0.15, 0.2) is 0 Å². The summed E-state index contributed by atoms with van der Waals surface area (Å²) < 4.78 is 0. The number of nitro groups is 1. The van der Waals surface area contributed by atoms with Gasteiger partial charge in [-0.1, -0.05) is 13.3 Å². The van der Waals surface area contributed by atoms with Crippen molar-refractivity contribution in [1.29, 1.82) is 0 Å². The monoisotopic (exact) mass is 224 g/mol. The molecule has 6 heteroatoms. The van der Waals surface area contributed by atoms with Crippen molar-refractivity contribution < 1.29 is 14.8 Å². The molecule has 1 aromatic rings. The van der Waals surface area contributed by atoms with E-state index < -0.39 is 16.8 Å². The summed E-state index contributed by atoms with van der Waals surface area (Å²) in [7, 11) is 0. The molecule has 1 atom stereocenters. The van der Waals surface area contributed by atoms with Crippen LogP contribution in [0.25, 0.3) is 0 Å². The molecule has 1 heterocycles. The average molecular weight is 224 g/mol. The smallest absolute Gasteiger partial charge is 0.312 e. The van der Waals surface area contributed by atoms with Crippen molar-refractivity contribution >= 4 is 11.7 Å². The third kappa shape index (κ3) is 2.75. The molecule has 0 aliphatic carbocycles. The summed E-state index contributed by atoms with van der Waals surface area (Å²) in [5.41, 5.74) is 0.107. The molecule has 0 aliphatic rings. The number of aliphatic carboxylic acids is 1. The first-order valence-electron chi connectivity index (χ1n) is 4.89. The molecule has 16 heavy (non-hydrogen) atoms. The largest absolute Gasteiger partial charge is 0.481 e. The van der Waals surface area contributed by atoms with Crippen LogP contribution in [-0.4, -0.2) is 21.0 Å². The second-order valence-electron chi connectivity index (χ2n) is 3.38. The lowest BCUT2D eigenvalue weighted by Gasteiger charge is -2.09. The molecular formula is C10H12N2O4. The molecule has 86 valence electrons. The molecule has 1 aromatic heterocycles. The van der Waals surface area contributed by atoms with E-state index in [2.05, 4.69) is 4.98 Å². The van der Waals surface area contributed by atoms with E-state index >= 15 is 0 Å². The Balaban J connectivity index is 3.04. The third-order valence-corrected chi connectivity index (χ3v) is 2.21. The van der Waals surface area contributed by atoms with Crippen LogP contribution < -0.4 is 0 Å². The number of aromatic nitrogens is 1. The van der Waals surface area contributed by atoms with Crippen molar-refractivity contribution in [3.63, 3.8) is 0 Å². The Hall–Kier alpha value is -1.98. The number of carboxylic acids is 1. The fraction of sp³-hybridized carbons (Fsp3) is 0.400. The molecule has 1 rings (SSSR count). The lowest BCUT2D eigenvalue weighted by Crippen LogP contribution is -2.13. The van der Waals surface area contributed by atoms with Gasteiger partial charge < -0.3 is 5.11 Å². The summed E-state index contributed by atoms with van der Waals surface area (Å²) in [6, 6.07) is 2.46. The summed E-state index contributed by atoms with van der Waals surface area (Å²) in [5.74, 6) is -1.78. The zero-order valence-corrected chi connectivity index (χ0v) is 8.79. The van der Waals surface area contributed by atoms with E-state index in [9.17, 15) is 14.9 Å². The minimum absolute atomic E-state index is 0.132. The third-order valence-electron chi connectivity index (χ3n) is 2.21. The van der Waals surface area contributed by atoms with Crippen LogP contribution in [0.1, 0.15) is 31.4 Å². The van der Waals surface area contributed by atoms with Crippen LogP contribution in [0, 0.1) is 10.1 Å². The first kappa shape index (κ1) is 12.1. The SMILES string of the molecule is CCCC(C(=O)O)c1cc([N+](=O)[O-])ccn1. The van der Waals surface area contributed by atoms with Crippen LogP contribution in [0.3, 0.4) is 0 Å². The van der Waals surface area contributed by atoms with Crippen LogP contribution in [0.5, 0.6) is 0 Å². The summed E-state index contributed by atoms with van der Waals surface area (Å²) in [4.78, 5) is 24.8. The zero-order valence-electron chi connectivity index (χ0n) is 8.79. The van der Waals surface area contributed by atoms with Gasteiger partial charge in [-0.25, -0.2) is 0 Å². The molecule has 1 unspecified atom stereocenters. The minimum atomic E-state index is -1.00. The molecule has 0 saturated heterocycles. The maximum absolute atomic E-state index is 11.0. The summed E-state index contributed by atoms with van der Waals surface area (Å²) in [6.45, 7) is 1.85. The Bertz CT molecular complexity index is 406. The predicted molar refractivity (Wildman–Crippen MR) is 56.2 cm³/mol. The molecule has 0 saturated carbocycles. The van der Waals surface area contributed by atoms with Gasteiger partial charge in [0, 0.05) is 18.3 Å². The number of rotatable bonds is 5. The average Bonchev–Trinajstić information content (AvgIpc) is 2.25. The van der Waals surface area contributed by atoms with Gasteiger partial charge in [0.25, 0.3) is 5.69 Å². The van der Waals surface area contributed by atoms with Crippen molar-refractivity contribution in [2.75, 3.05) is 0 Å². The number of carbonyl (C=O) groups is 1. The van der Waals surface area contributed by atoms with Gasteiger partial charge >= 0.3 is 5.97 Å². The molecular weight excluding hydrogens is 212 g/mol. The van der Waals surface area contributed by atoms with E-state index in [0.29, 0.717) is 12.8 Å². The summed E-state index contributed by atoms with van der Waals surface area (Å²) in [6.07, 6.45) is 2.36. The minimum Gasteiger partial charge on any atom is -0.481 e. The van der Waals surface area contributed by atoms with Crippen molar-refractivity contribution in [2.45, 2.75) is 25.7 Å². The molecule has 0 amide bonds. The van der Waals surface area contributed by atoms with E-state index in [0.717, 1.165) is 0 Å². The van der Waals surface area contributed by atoms with Gasteiger partial charge in [-0.05, 0) is 6.42 Å². The lowest BCUT2D eigenvalue weighted by atomic mass is 9.99. The van der Waals surface area contributed by atoms with Crippen LogP contribution in [0.2, 0.25) is 0 Å². The first-order chi connectivity index (χ1) is 7.56. The van der Waals surface area contributed by atoms with Gasteiger partial charge in [-0.2, -0.15) is 0 Å². The Kier molecular flexibility index (Phi) is 3.93. The number of carboxylic acid groups (broad SMARTS) is 1. The molecule has 0 aromatic carbocycles.